The molecule has 104 valence electrons. The summed E-state index contributed by atoms with van der Waals surface area (Å²) < 4.78 is 0. The van der Waals surface area contributed by atoms with Crippen LogP contribution in [0.25, 0.3) is 0 Å². The summed E-state index contributed by atoms with van der Waals surface area (Å²) in [6.07, 6.45) is 11.4. The number of aromatic nitrogens is 3. The summed E-state index contributed by atoms with van der Waals surface area (Å²) in [6, 6.07) is 2.06. The first kappa shape index (κ1) is 13.0. The zero-order valence-electron chi connectivity index (χ0n) is 11.9. The molecule has 4 heteroatoms. The Morgan fingerprint density at radius 1 is 1.15 bits per heavy atom. The average Bonchev–Trinajstić information content (AvgIpc) is 2.72. The minimum atomic E-state index is 0.789. The fraction of sp³-hybridized carbons (Fsp3) is 0.438. The molecule has 0 radical (unpaired) electrons. The molecule has 2 heterocycles. The zero-order chi connectivity index (χ0) is 13.8. The van der Waals surface area contributed by atoms with Crippen LogP contribution in [0.5, 0.6) is 0 Å². The fourth-order valence-corrected chi connectivity index (χ4v) is 2.73. The first-order valence-corrected chi connectivity index (χ1v) is 7.30. The molecule has 0 saturated heterocycles. The summed E-state index contributed by atoms with van der Waals surface area (Å²) in [7, 11) is 0. The summed E-state index contributed by atoms with van der Waals surface area (Å²) in [6.45, 7) is 2.88. The molecule has 0 spiro atoms. The lowest BCUT2D eigenvalue weighted by atomic mass is 10.1. The Bertz CT molecular complexity index is 595. The topological polar surface area (TPSA) is 50.7 Å². The van der Waals surface area contributed by atoms with Gasteiger partial charge in [0.1, 0.15) is 12.1 Å². The van der Waals surface area contributed by atoms with Crippen molar-refractivity contribution in [2.24, 2.45) is 0 Å². The Hall–Kier alpha value is -1.97. The van der Waals surface area contributed by atoms with Crippen LogP contribution in [0, 0.1) is 6.92 Å². The highest BCUT2D eigenvalue weighted by molar-refractivity contribution is 5.47. The highest BCUT2D eigenvalue weighted by Crippen LogP contribution is 2.24. The SMILES string of the molecule is Cc1cnccc1CNc1ncnc2c1CCCCC2. The van der Waals surface area contributed by atoms with Gasteiger partial charge in [0.25, 0.3) is 0 Å². The summed E-state index contributed by atoms with van der Waals surface area (Å²) in [5, 5.41) is 3.48. The molecule has 0 bridgehead atoms. The van der Waals surface area contributed by atoms with Crippen LogP contribution in [0.4, 0.5) is 5.82 Å². The van der Waals surface area contributed by atoms with Gasteiger partial charge in [0.2, 0.25) is 0 Å². The van der Waals surface area contributed by atoms with Gasteiger partial charge in [-0.1, -0.05) is 6.42 Å². The monoisotopic (exact) mass is 268 g/mol. The first-order valence-electron chi connectivity index (χ1n) is 7.30. The summed E-state index contributed by atoms with van der Waals surface area (Å²) in [5.41, 5.74) is 5.02. The Balaban J connectivity index is 1.80. The second kappa shape index (κ2) is 5.99. The van der Waals surface area contributed by atoms with Crippen molar-refractivity contribution in [1.82, 2.24) is 15.0 Å². The van der Waals surface area contributed by atoms with Crippen LogP contribution in [0.1, 0.15) is 41.6 Å². The van der Waals surface area contributed by atoms with Crippen molar-refractivity contribution in [3.8, 4) is 0 Å². The van der Waals surface area contributed by atoms with Crippen molar-refractivity contribution in [1.29, 1.82) is 0 Å². The molecule has 0 atom stereocenters. The number of pyridine rings is 1. The largest absolute Gasteiger partial charge is 0.366 e. The normalized spacial score (nSPS) is 14.4. The van der Waals surface area contributed by atoms with Crippen molar-refractivity contribution < 1.29 is 0 Å². The lowest BCUT2D eigenvalue weighted by molar-refractivity contribution is 0.708. The smallest absolute Gasteiger partial charge is 0.133 e. The van der Waals surface area contributed by atoms with E-state index in [0.29, 0.717) is 0 Å². The first-order chi connectivity index (χ1) is 9.84. The average molecular weight is 268 g/mol. The van der Waals surface area contributed by atoms with Crippen LogP contribution in [0.3, 0.4) is 0 Å². The minimum absolute atomic E-state index is 0.789. The second-order valence-electron chi connectivity index (χ2n) is 5.36. The van der Waals surface area contributed by atoms with E-state index >= 15 is 0 Å². The molecular weight excluding hydrogens is 248 g/mol. The van der Waals surface area contributed by atoms with Crippen LogP contribution in [0.15, 0.2) is 24.8 Å². The Labute approximate surface area is 119 Å². The molecule has 0 aliphatic heterocycles. The molecule has 1 aliphatic rings. The summed E-state index contributed by atoms with van der Waals surface area (Å²) >= 11 is 0. The molecule has 2 aromatic rings. The molecule has 0 saturated carbocycles. The van der Waals surface area contributed by atoms with Gasteiger partial charge in [-0.15, -0.1) is 0 Å². The predicted molar refractivity (Wildman–Crippen MR) is 79.6 cm³/mol. The van der Waals surface area contributed by atoms with Gasteiger partial charge in [-0.05, 0) is 49.8 Å². The maximum Gasteiger partial charge on any atom is 0.133 e. The number of fused-ring (bicyclic) bond motifs is 1. The second-order valence-corrected chi connectivity index (χ2v) is 5.36. The molecule has 0 amide bonds. The van der Waals surface area contributed by atoms with Gasteiger partial charge in [-0.25, -0.2) is 9.97 Å². The third-order valence-corrected chi connectivity index (χ3v) is 3.96. The number of rotatable bonds is 3. The molecule has 0 unspecified atom stereocenters. The maximum absolute atomic E-state index is 4.45. The molecule has 1 aliphatic carbocycles. The van der Waals surface area contributed by atoms with Crippen molar-refractivity contribution in [3.63, 3.8) is 0 Å². The van der Waals surface area contributed by atoms with E-state index in [9.17, 15) is 0 Å². The van der Waals surface area contributed by atoms with E-state index in [1.807, 2.05) is 12.4 Å². The van der Waals surface area contributed by atoms with Gasteiger partial charge in [-0.3, -0.25) is 4.98 Å². The number of anilines is 1. The highest BCUT2D eigenvalue weighted by Gasteiger charge is 2.14. The zero-order valence-corrected chi connectivity index (χ0v) is 11.9. The van der Waals surface area contributed by atoms with Crippen molar-refractivity contribution >= 4 is 5.82 Å². The highest BCUT2D eigenvalue weighted by atomic mass is 15.0. The molecule has 3 rings (SSSR count). The van der Waals surface area contributed by atoms with Crippen LogP contribution in [0.2, 0.25) is 0 Å². The van der Waals surface area contributed by atoms with E-state index in [4.69, 9.17) is 0 Å². The predicted octanol–water partition coefficient (Wildman–Crippen LogP) is 3.06. The quantitative estimate of drug-likeness (QED) is 0.869. The van der Waals surface area contributed by atoms with E-state index in [1.165, 1.54) is 41.6 Å². The molecule has 0 fully saturated rings. The number of nitrogens with zero attached hydrogens (tertiary/aromatic N) is 3. The fourth-order valence-electron chi connectivity index (χ4n) is 2.73. The third kappa shape index (κ3) is 2.79. The Morgan fingerprint density at radius 3 is 2.95 bits per heavy atom. The molecule has 4 nitrogen and oxygen atoms in total. The number of hydrogen-bond acceptors (Lipinski definition) is 4. The van der Waals surface area contributed by atoms with Crippen LogP contribution in [-0.2, 0) is 19.4 Å². The molecule has 1 N–H and O–H groups in total. The number of aryl methyl sites for hydroxylation is 2. The van der Waals surface area contributed by atoms with Gasteiger partial charge in [0.15, 0.2) is 0 Å². The molecular formula is C16H20N4. The van der Waals surface area contributed by atoms with E-state index in [2.05, 4.69) is 33.3 Å². The standard InChI is InChI=1S/C16H20N4/c1-12-9-17-8-7-13(12)10-18-16-14-5-3-2-4-6-15(14)19-11-20-16/h7-9,11H,2-6,10H2,1H3,(H,18,19,20). The lowest BCUT2D eigenvalue weighted by Gasteiger charge is -2.13. The van der Waals surface area contributed by atoms with Crippen LogP contribution >= 0.6 is 0 Å². The van der Waals surface area contributed by atoms with E-state index in [-0.39, 0.29) is 0 Å². The van der Waals surface area contributed by atoms with Gasteiger partial charge in [0.05, 0.1) is 0 Å². The van der Waals surface area contributed by atoms with Crippen molar-refractivity contribution in [2.75, 3.05) is 5.32 Å². The molecule has 0 aromatic carbocycles. The van der Waals surface area contributed by atoms with Crippen molar-refractivity contribution in [2.45, 2.75) is 45.6 Å². The van der Waals surface area contributed by atoms with Gasteiger partial charge >= 0.3 is 0 Å². The van der Waals surface area contributed by atoms with E-state index < -0.39 is 0 Å². The van der Waals surface area contributed by atoms with Gasteiger partial charge < -0.3 is 5.32 Å². The van der Waals surface area contributed by atoms with Gasteiger partial charge in [0, 0.05) is 30.2 Å². The number of nitrogens with one attached hydrogen (secondary N) is 1. The minimum Gasteiger partial charge on any atom is -0.366 e. The van der Waals surface area contributed by atoms with Crippen LogP contribution in [-0.4, -0.2) is 15.0 Å². The molecule has 20 heavy (non-hydrogen) atoms. The lowest BCUT2D eigenvalue weighted by Crippen LogP contribution is -2.08. The number of hydrogen-bond donors (Lipinski definition) is 1. The summed E-state index contributed by atoms with van der Waals surface area (Å²) in [4.78, 5) is 13.0. The third-order valence-electron chi connectivity index (χ3n) is 3.96. The van der Waals surface area contributed by atoms with E-state index in [0.717, 1.165) is 25.2 Å². The van der Waals surface area contributed by atoms with Crippen LogP contribution < -0.4 is 5.32 Å². The summed E-state index contributed by atoms with van der Waals surface area (Å²) in [5.74, 6) is 1.01. The molecule has 2 aromatic heterocycles. The maximum atomic E-state index is 4.45. The van der Waals surface area contributed by atoms with Gasteiger partial charge in [-0.2, -0.15) is 0 Å². The Morgan fingerprint density at radius 2 is 2.05 bits per heavy atom. The Kier molecular flexibility index (Phi) is 3.90. The van der Waals surface area contributed by atoms with E-state index in [1.54, 1.807) is 6.33 Å². The van der Waals surface area contributed by atoms with Crippen molar-refractivity contribution in [3.05, 3.63) is 47.2 Å².